The van der Waals surface area contributed by atoms with Crippen molar-refractivity contribution in [2.45, 2.75) is 58.6 Å². The molecule has 0 unspecified atom stereocenters. The van der Waals surface area contributed by atoms with Crippen LogP contribution in [-0.2, 0) is 22.5 Å². The van der Waals surface area contributed by atoms with E-state index in [9.17, 15) is 4.79 Å². The number of aliphatic imine (C=N–C) groups is 1. The maximum absolute atomic E-state index is 12.6. The summed E-state index contributed by atoms with van der Waals surface area (Å²) < 4.78 is 5.75. The molecular formula is C23H36N4O2. The molecule has 1 fully saturated rings. The van der Waals surface area contributed by atoms with Crippen molar-refractivity contribution in [2.24, 2.45) is 4.99 Å². The number of piperidine rings is 1. The molecule has 29 heavy (non-hydrogen) atoms. The van der Waals surface area contributed by atoms with E-state index in [4.69, 9.17) is 9.73 Å². The summed E-state index contributed by atoms with van der Waals surface area (Å²) in [6, 6.07) is 8.44. The third-order valence-electron chi connectivity index (χ3n) is 5.77. The van der Waals surface area contributed by atoms with E-state index in [0.29, 0.717) is 19.1 Å². The largest absolute Gasteiger partial charge is 0.378 e. The van der Waals surface area contributed by atoms with Crippen molar-refractivity contribution < 1.29 is 9.53 Å². The number of rotatable bonds is 7. The fraction of sp³-hybridized carbons (Fsp3) is 0.652. The standard InChI is InChI=1S/C23H36N4O2/c1-3-24-23(26-16-12-21(13-17-26)29-4-2)25-14-7-10-22(28)27-15-11-19-8-5-6-9-20(19)18-27/h5-6,8-9,21H,3-4,7,10-18H2,1-2H3,(H,24,25). The predicted molar refractivity (Wildman–Crippen MR) is 117 cm³/mol. The second kappa shape index (κ2) is 11.2. The molecule has 2 aliphatic rings. The summed E-state index contributed by atoms with van der Waals surface area (Å²) >= 11 is 0. The van der Waals surface area contributed by atoms with Crippen molar-refractivity contribution >= 4 is 11.9 Å². The monoisotopic (exact) mass is 400 g/mol. The number of hydrogen-bond donors (Lipinski definition) is 1. The zero-order chi connectivity index (χ0) is 20.5. The highest BCUT2D eigenvalue weighted by Crippen LogP contribution is 2.19. The Hall–Kier alpha value is -2.08. The number of guanidine groups is 1. The number of carbonyl (C=O) groups is 1. The van der Waals surface area contributed by atoms with Gasteiger partial charge in [-0.25, -0.2) is 0 Å². The zero-order valence-corrected chi connectivity index (χ0v) is 18.0. The summed E-state index contributed by atoms with van der Waals surface area (Å²) in [4.78, 5) is 21.7. The van der Waals surface area contributed by atoms with E-state index < -0.39 is 0 Å². The molecule has 0 atom stereocenters. The molecule has 0 radical (unpaired) electrons. The number of ether oxygens (including phenoxy) is 1. The fourth-order valence-electron chi connectivity index (χ4n) is 4.18. The molecule has 0 bridgehead atoms. The SMILES string of the molecule is CCNC(=NCCCC(=O)N1CCc2ccccc2C1)N1CCC(OCC)CC1. The maximum Gasteiger partial charge on any atom is 0.222 e. The van der Waals surface area contributed by atoms with E-state index in [1.807, 2.05) is 4.90 Å². The van der Waals surface area contributed by atoms with E-state index in [1.165, 1.54) is 11.1 Å². The van der Waals surface area contributed by atoms with Gasteiger partial charge in [0.1, 0.15) is 0 Å². The average Bonchev–Trinajstić information content (AvgIpc) is 2.76. The molecule has 6 heteroatoms. The molecule has 1 aromatic carbocycles. The van der Waals surface area contributed by atoms with Crippen LogP contribution in [0.15, 0.2) is 29.3 Å². The van der Waals surface area contributed by atoms with Gasteiger partial charge < -0.3 is 19.9 Å². The highest BCUT2D eigenvalue weighted by atomic mass is 16.5. The van der Waals surface area contributed by atoms with Crippen LogP contribution in [0.25, 0.3) is 0 Å². The molecule has 0 aliphatic carbocycles. The highest BCUT2D eigenvalue weighted by Gasteiger charge is 2.22. The van der Waals surface area contributed by atoms with Gasteiger partial charge in [0.2, 0.25) is 5.91 Å². The smallest absolute Gasteiger partial charge is 0.222 e. The van der Waals surface area contributed by atoms with Crippen LogP contribution in [-0.4, -0.2) is 67.1 Å². The molecule has 0 aromatic heterocycles. The van der Waals surface area contributed by atoms with Gasteiger partial charge in [-0.1, -0.05) is 24.3 Å². The maximum atomic E-state index is 12.6. The van der Waals surface area contributed by atoms with Crippen molar-refractivity contribution in [1.82, 2.24) is 15.1 Å². The fourth-order valence-corrected chi connectivity index (χ4v) is 4.18. The first-order chi connectivity index (χ1) is 14.2. The van der Waals surface area contributed by atoms with Gasteiger partial charge in [0.05, 0.1) is 6.10 Å². The normalized spacial score (nSPS) is 17.9. The Bertz CT molecular complexity index is 683. The number of carbonyl (C=O) groups excluding carboxylic acids is 1. The van der Waals surface area contributed by atoms with Gasteiger partial charge in [-0.15, -0.1) is 0 Å². The van der Waals surface area contributed by atoms with E-state index in [0.717, 1.165) is 71.0 Å². The van der Waals surface area contributed by atoms with Crippen LogP contribution in [0.1, 0.15) is 50.7 Å². The topological polar surface area (TPSA) is 57.2 Å². The minimum Gasteiger partial charge on any atom is -0.378 e. The summed E-state index contributed by atoms with van der Waals surface area (Å²) in [5.74, 6) is 1.22. The number of likely N-dealkylation sites (tertiary alicyclic amines) is 1. The lowest BCUT2D eigenvalue weighted by atomic mass is 9.99. The lowest BCUT2D eigenvalue weighted by Crippen LogP contribution is -2.47. The van der Waals surface area contributed by atoms with E-state index in [-0.39, 0.29) is 5.91 Å². The first-order valence-corrected chi connectivity index (χ1v) is 11.2. The van der Waals surface area contributed by atoms with Crippen LogP contribution in [0.3, 0.4) is 0 Å². The van der Waals surface area contributed by atoms with Gasteiger partial charge in [-0.2, -0.15) is 0 Å². The molecule has 2 aliphatic heterocycles. The number of amides is 1. The minimum absolute atomic E-state index is 0.247. The molecule has 3 rings (SSSR count). The molecule has 1 saturated heterocycles. The van der Waals surface area contributed by atoms with E-state index >= 15 is 0 Å². The molecule has 0 saturated carbocycles. The van der Waals surface area contributed by atoms with Gasteiger partial charge >= 0.3 is 0 Å². The Kier molecular flexibility index (Phi) is 8.35. The molecular weight excluding hydrogens is 364 g/mol. The van der Waals surface area contributed by atoms with Crippen molar-refractivity contribution in [1.29, 1.82) is 0 Å². The highest BCUT2D eigenvalue weighted by molar-refractivity contribution is 5.80. The third kappa shape index (κ3) is 6.20. The summed E-state index contributed by atoms with van der Waals surface area (Å²) in [6.07, 6.45) is 4.80. The minimum atomic E-state index is 0.247. The van der Waals surface area contributed by atoms with Crippen molar-refractivity contribution in [2.75, 3.05) is 39.3 Å². The lowest BCUT2D eigenvalue weighted by molar-refractivity contribution is -0.132. The Morgan fingerprint density at radius 1 is 1.14 bits per heavy atom. The second-order valence-corrected chi connectivity index (χ2v) is 7.81. The summed E-state index contributed by atoms with van der Waals surface area (Å²) in [5, 5.41) is 3.40. The van der Waals surface area contributed by atoms with Crippen molar-refractivity contribution in [3.8, 4) is 0 Å². The number of nitrogens with zero attached hydrogens (tertiary/aromatic N) is 3. The summed E-state index contributed by atoms with van der Waals surface area (Å²) in [7, 11) is 0. The van der Waals surface area contributed by atoms with E-state index in [1.54, 1.807) is 0 Å². The lowest BCUT2D eigenvalue weighted by Gasteiger charge is -2.34. The Balaban J connectivity index is 1.43. The first kappa shape index (κ1) is 21.6. The zero-order valence-electron chi connectivity index (χ0n) is 18.0. The molecule has 160 valence electrons. The molecule has 2 heterocycles. The Morgan fingerprint density at radius 2 is 1.90 bits per heavy atom. The molecule has 6 nitrogen and oxygen atoms in total. The predicted octanol–water partition coefficient (Wildman–Crippen LogP) is 2.82. The molecule has 1 N–H and O–H groups in total. The van der Waals surface area contributed by atoms with Crippen LogP contribution in [0.4, 0.5) is 0 Å². The van der Waals surface area contributed by atoms with Gasteiger partial charge in [-0.05, 0) is 50.7 Å². The number of hydrogen-bond acceptors (Lipinski definition) is 3. The van der Waals surface area contributed by atoms with Crippen LogP contribution in [0.5, 0.6) is 0 Å². The number of nitrogens with one attached hydrogen (secondary N) is 1. The quantitative estimate of drug-likeness (QED) is 0.434. The van der Waals surface area contributed by atoms with Gasteiger partial charge in [-0.3, -0.25) is 9.79 Å². The van der Waals surface area contributed by atoms with Crippen LogP contribution < -0.4 is 5.32 Å². The average molecular weight is 401 g/mol. The number of benzene rings is 1. The Morgan fingerprint density at radius 3 is 2.62 bits per heavy atom. The van der Waals surface area contributed by atoms with Crippen LogP contribution >= 0.6 is 0 Å². The molecule has 1 aromatic rings. The van der Waals surface area contributed by atoms with Crippen LogP contribution in [0.2, 0.25) is 0 Å². The summed E-state index contributed by atoms with van der Waals surface area (Å²) in [6.45, 7) is 10.0. The molecule has 1 amide bonds. The van der Waals surface area contributed by atoms with Gasteiger partial charge in [0.25, 0.3) is 0 Å². The summed E-state index contributed by atoms with van der Waals surface area (Å²) in [5.41, 5.74) is 2.67. The van der Waals surface area contributed by atoms with Gasteiger partial charge in [0.15, 0.2) is 5.96 Å². The number of fused-ring (bicyclic) bond motifs is 1. The van der Waals surface area contributed by atoms with Gasteiger partial charge in [0, 0.05) is 52.3 Å². The molecule has 0 spiro atoms. The van der Waals surface area contributed by atoms with Crippen LogP contribution in [0, 0.1) is 0 Å². The van der Waals surface area contributed by atoms with E-state index in [2.05, 4.69) is 48.3 Å². The first-order valence-electron chi connectivity index (χ1n) is 11.2. The third-order valence-corrected chi connectivity index (χ3v) is 5.77. The Labute approximate surface area is 175 Å². The van der Waals surface area contributed by atoms with Crippen molar-refractivity contribution in [3.05, 3.63) is 35.4 Å². The van der Waals surface area contributed by atoms with Crippen molar-refractivity contribution in [3.63, 3.8) is 0 Å². The second-order valence-electron chi connectivity index (χ2n) is 7.81.